The molecule has 76 valence electrons. The fourth-order valence-corrected chi connectivity index (χ4v) is 1.53. The van der Waals surface area contributed by atoms with Gasteiger partial charge >= 0.3 is 0 Å². The SMILES string of the molecule is CCCCC1=C[NH+](CCC)C=C1.[Cl-]. The Balaban J connectivity index is 0.00000144. The minimum atomic E-state index is 0. The fraction of sp³-hybridized carbons (Fsp3) is 0.636. The number of halogens is 1. The zero-order valence-electron chi connectivity index (χ0n) is 8.65. The highest BCUT2D eigenvalue weighted by Crippen LogP contribution is 2.08. The Labute approximate surface area is 87.9 Å². The molecule has 0 amide bonds. The minimum absolute atomic E-state index is 0. The van der Waals surface area contributed by atoms with Crippen LogP contribution in [0.5, 0.6) is 0 Å². The van der Waals surface area contributed by atoms with Crippen LogP contribution in [-0.2, 0) is 0 Å². The summed E-state index contributed by atoms with van der Waals surface area (Å²) in [5, 5.41) is 0. The summed E-state index contributed by atoms with van der Waals surface area (Å²) in [7, 11) is 0. The lowest BCUT2D eigenvalue weighted by molar-refractivity contribution is -0.787. The predicted molar refractivity (Wildman–Crippen MR) is 52.9 cm³/mol. The maximum absolute atomic E-state index is 2.36. The summed E-state index contributed by atoms with van der Waals surface area (Å²) in [6.07, 6.45) is 12.1. The van der Waals surface area contributed by atoms with Crippen molar-refractivity contribution >= 4 is 0 Å². The second-order valence-corrected chi connectivity index (χ2v) is 3.48. The van der Waals surface area contributed by atoms with Gasteiger partial charge in [0.2, 0.25) is 0 Å². The van der Waals surface area contributed by atoms with Crippen LogP contribution in [-0.4, -0.2) is 6.54 Å². The summed E-state index contributed by atoms with van der Waals surface area (Å²) in [6, 6.07) is 0. The van der Waals surface area contributed by atoms with E-state index in [0.29, 0.717) is 0 Å². The van der Waals surface area contributed by atoms with Crippen molar-refractivity contribution in [2.75, 3.05) is 6.54 Å². The Bertz CT molecular complexity index is 185. The van der Waals surface area contributed by atoms with Crippen LogP contribution in [0.25, 0.3) is 0 Å². The van der Waals surface area contributed by atoms with Crippen molar-refractivity contribution in [3.63, 3.8) is 0 Å². The number of hydrogen-bond acceptors (Lipinski definition) is 0. The van der Waals surface area contributed by atoms with Crippen molar-refractivity contribution < 1.29 is 17.3 Å². The smallest absolute Gasteiger partial charge is 0.102 e. The molecule has 1 atom stereocenters. The molecule has 0 saturated heterocycles. The van der Waals surface area contributed by atoms with Crippen molar-refractivity contribution in [3.05, 3.63) is 24.0 Å². The van der Waals surface area contributed by atoms with Gasteiger partial charge in [0.1, 0.15) is 6.20 Å². The zero-order valence-corrected chi connectivity index (χ0v) is 9.40. The Kier molecular flexibility index (Phi) is 7.02. The van der Waals surface area contributed by atoms with Gasteiger partial charge in [-0.25, -0.2) is 0 Å². The van der Waals surface area contributed by atoms with E-state index in [1.165, 1.54) is 42.7 Å². The first-order chi connectivity index (χ1) is 5.86. The molecule has 2 heteroatoms. The molecule has 1 N–H and O–H groups in total. The van der Waals surface area contributed by atoms with E-state index in [9.17, 15) is 0 Å². The molecule has 1 rings (SSSR count). The van der Waals surface area contributed by atoms with Crippen LogP contribution in [0.15, 0.2) is 24.0 Å². The Morgan fingerprint density at radius 3 is 2.62 bits per heavy atom. The highest BCUT2D eigenvalue weighted by Gasteiger charge is 2.08. The highest BCUT2D eigenvalue weighted by molar-refractivity contribution is 5.17. The first-order valence-electron chi connectivity index (χ1n) is 5.11. The number of allylic oxidation sites excluding steroid dienone is 2. The second kappa shape index (κ2) is 7.16. The molecular formula is C11H20ClN. The molecule has 0 aromatic carbocycles. The fourth-order valence-electron chi connectivity index (χ4n) is 1.53. The first kappa shape index (κ1) is 12.7. The van der Waals surface area contributed by atoms with Crippen LogP contribution >= 0.6 is 0 Å². The third-order valence-electron chi connectivity index (χ3n) is 2.24. The van der Waals surface area contributed by atoms with Crippen LogP contribution in [0.3, 0.4) is 0 Å². The average Bonchev–Trinajstić information content (AvgIpc) is 2.50. The standard InChI is InChI=1S/C11H19N.ClH/c1-3-5-6-11-7-9-12(10-11)8-4-2;/h7,9-10H,3-6,8H2,1-2H3;1H. The topological polar surface area (TPSA) is 4.44 Å². The summed E-state index contributed by atoms with van der Waals surface area (Å²) < 4.78 is 0. The largest absolute Gasteiger partial charge is 1.00 e. The first-order valence-corrected chi connectivity index (χ1v) is 5.11. The summed E-state index contributed by atoms with van der Waals surface area (Å²) in [5.41, 5.74) is 1.53. The quantitative estimate of drug-likeness (QED) is 0.576. The molecule has 1 heterocycles. The summed E-state index contributed by atoms with van der Waals surface area (Å²) in [6.45, 7) is 5.72. The van der Waals surface area contributed by atoms with E-state index in [1.54, 1.807) is 0 Å². The third kappa shape index (κ3) is 4.49. The lowest BCUT2D eigenvalue weighted by Gasteiger charge is -2.02. The molecule has 13 heavy (non-hydrogen) atoms. The van der Waals surface area contributed by atoms with Crippen LogP contribution < -0.4 is 17.3 Å². The van der Waals surface area contributed by atoms with Gasteiger partial charge in [-0.05, 0) is 19.3 Å². The van der Waals surface area contributed by atoms with Crippen molar-refractivity contribution in [2.24, 2.45) is 0 Å². The van der Waals surface area contributed by atoms with Gasteiger partial charge in [-0.3, -0.25) is 4.90 Å². The van der Waals surface area contributed by atoms with Crippen molar-refractivity contribution in [1.29, 1.82) is 0 Å². The molecule has 1 aliphatic rings. The average molecular weight is 202 g/mol. The molecule has 1 aliphatic heterocycles. The molecule has 0 fully saturated rings. The van der Waals surface area contributed by atoms with Crippen LogP contribution in [0.1, 0.15) is 39.5 Å². The molecule has 0 spiro atoms. The molecular weight excluding hydrogens is 182 g/mol. The third-order valence-corrected chi connectivity index (χ3v) is 2.24. The van der Waals surface area contributed by atoms with E-state index in [0.717, 1.165) is 0 Å². The van der Waals surface area contributed by atoms with E-state index in [-0.39, 0.29) is 12.4 Å². The molecule has 0 saturated carbocycles. The zero-order chi connectivity index (χ0) is 8.81. The number of rotatable bonds is 5. The minimum Gasteiger partial charge on any atom is -1.00 e. The number of unbranched alkanes of at least 4 members (excludes halogenated alkanes) is 1. The normalized spacial score (nSPS) is 19.8. The molecule has 0 aromatic heterocycles. The van der Waals surface area contributed by atoms with Crippen molar-refractivity contribution in [3.8, 4) is 0 Å². The van der Waals surface area contributed by atoms with Crippen molar-refractivity contribution in [1.82, 2.24) is 0 Å². The Morgan fingerprint density at radius 1 is 1.23 bits per heavy atom. The molecule has 0 radical (unpaired) electrons. The highest BCUT2D eigenvalue weighted by atomic mass is 35.5. The monoisotopic (exact) mass is 201 g/mol. The number of nitrogens with one attached hydrogen (secondary N) is 1. The van der Waals surface area contributed by atoms with Crippen LogP contribution in [0.2, 0.25) is 0 Å². The van der Waals surface area contributed by atoms with Gasteiger partial charge in [0.05, 0.1) is 12.7 Å². The summed E-state index contributed by atoms with van der Waals surface area (Å²) >= 11 is 0. The van der Waals surface area contributed by atoms with Gasteiger partial charge in [-0.1, -0.05) is 20.3 Å². The van der Waals surface area contributed by atoms with Crippen molar-refractivity contribution in [2.45, 2.75) is 39.5 Å². The summed E-state index contributed by atoms with van der Waals surface area (Å²) in [5.74, 6) is 0. The van der Waals surface area contributed by atoms with Crippen LogP contribution in [0, 0.1) is 0 Å². The van der Waals surface area contributed by atoms with Gasteiger partial charge in [0.15, 0.2) is 0 Å². The number of hydrogen-bond donors (Lipinski definition) is 1. The maximum Gasteiger partial charge on any atom is 0.102 e. The van der Waals surface area contributed by atoms with E-state index < -0.39 is 0 Å². The second-order valence-electron chi connectivity index (χ2n) is 3.48. The predicted octanol–water partition coefficient (Wildman–Crippen LogP) is -1.11. The number of quaternary nitrogens is 1. The van der Waals surface area contributed by atoms with E-state index in [2.05, 4.69) is 32.3 Å². The molecule has 1 unspecified atom stereocenters. The van der Waals surface area contributed by atoms with Gasteiger partial charge in [-0.15, -0.1) is 0 Å². The van der Waals surface area contributed by atoms with Gasteiger partial charge in [0, 0.05) is 11.6 Å². The lowest BCUT2D eigenvalue weighted by Crippen LogP contribution is -3.01. The Morgan fingerprint density at radius 2 is 2.00 bits per heavy atom. The lowest BCUT2D eigenvalue weighted by atomic mass is 10.1. The molecule has 0 aliphatic carbocycles. The van der Waals surface area contributed by atoms with E-state index >= 15 is 0 Å². The van der Waals surface area contributed by atoms with Crippen LogP contribution in [0.4, 0.5) is 0 Å². The Hall–Kier alpha value is -0.270. The van der Waals surface area contributed by atoms with E-state index in [4.69, 9.17) is 0 Å². The van der Waals surface area contributed by atoms with Gasteiger partial charge < -0.3 is 12.4 Å². The van der Waals surface area contributed by atoms with E-state index in [1.807, 2.05) is 0 Å². The molecule has 0 aromatic rings. The maximum atomic E-state index is 2.36. The molecule has 1 nitrogen and oxygen atoms in total. The van der Waals surface area contributed by atoms with Gasteiger partial charge in [0.25, 0.3) is 0 Å². The summed E-state index contributed by atoms with van der Waals surface area (Å²) in [4.78, 5) is 1.52. The molecule has 0 bridgehead atoms. The van der Waals surface area contributed by atoms with Gasteiger partial charge in [-0.2, -0.15) is 0 Å².